The molecule has 0 bridgehead atoms. The van der Waals surface area contributed by atoms with Crippen LogP contribution in [0.15, 0.2) is 12.1 Å². The number of rotatable bonds is 7. The zero-order valence-electron chi connectivity index (χ0n) is 12.0. The van der Waals surface area contributed by atoms with Crippen LogP contribution >= 0.6 is 0 Å². The Morgan fingerprint density at radius 1 is 1.35 bits per heavy atom. The maximum Gasteiger partial charge on any atom is 0.335 e. The molecule has 108 valence electrons. The highest BCUT2D eigenvalue weighted by Crippen LogP contribution is 2.37. The lowest BCUT2D eigenvalue weighted by Gasteiger charge is -2.24. The minimum atomic E-state index is -0.854. The van der Waals surface area contributed by atoms with Gasteiger partial charge in [-0.25, -0.2) is 9.78 Å². The fourth-order valence-corrected chi connectivity index (χ4v) is 2.62. The molecule has 0 atom stereocenters. The molecule has 1 heterocycles. The summed E-state index contributed by atoms with van der Waals surface area (Å²) in [6.07, 6.45) is 6.88. The smallest absolute Gasteiger partial charge is 0.335 e. The predicted octanol–water partition coefficient (Wildman–Crippen LogP) is 3.11. The van der Waals surface area contributed by atoms with Crippen LogP contribution in [0.2, 0.25) is 0 Å². The van der Waals surface area contributed by atoms with E-state index in [4.69, 9.17) is 4.98 Å². The molecule has 20 heavy (non-hydrogen) atoms. The maximum absolute atomic E-state index is 11.3. The first-order valence-corrected chi connectivity index (χ1v) is 7.68. The van der Waals surface area contributed by atoms with E-state index >= 15 is 0 Å². The number of anilines is 1. The number of aromatic nitrogens is 1. The highest BCUT2D eigenvalue weighted by Gasteiger charge is 2.34. The van der Waals surface area contributed by atoms with Gasteiger partial charge in [-0.15, -0.1) is 0 Å². The summed E-state index contributed by atoms with van der Waals surface area (Å²) in [4.78, 5) is 18.4. The van der Waals surface area contributed by atoms with Gasteiger partial charge in [0.2, 0.25) is 0 Å². The number of carboxylic acid groups (broad SMARTS) is 1. The number of carboxylic acids is 1. The summed E-state index contributed by atoms with van der Waals surface area (Å²) in [7, 11) is 0. The molecule has 0 aromatic carbocycles. The molecule has 0 amide bonds. The van der Waals surface area contributed by atoms with Gasteiger partial charge in [0.1, 0.15) is 5.82 Å². The summed E-state index contributed by atoms with van der Waals surface area (Å²) in [5.74, 6) is 0.816. The Kier molecular flexibility index (Phi) is 3.64. The monoisotopic (exact) mass is 274 g/mol. The third-order valence-corrected chi connectivity index (χ3v) is 4.05. The Balaban J connectivity index is 1.89. The van der Waals surface area contributed by atoms with E-state index in [-0.39, 0.29) is 0 Å². The molecule has 0 aliphatic heterocycles. The molecule has 4 nitrogen and oxygen atoms in total. The van der Waals surface area contributed by atoms with Gasteiger partial charge in [-0.3, -0.25) is 0 Å². The summed E-state index contributed by atoms with van der Waals surface area (Å²) in [6.45, 7) is 3.14. The zero-order valence-corrected chi connectivity index (χ0v) is 12.0. The number of carbonyl (C=O) groups is 1. The zero-order chi connectivity index (χ0) is 14.1. The van der Waals surface area contributed by atoms with Gasteiger partial charge in [-0.2, -0.15) is 0 Å². The van der Waals surface area contributed by atoms with Gasteiger partial charge in [0, 0.05) is 18.3 Å². The highest BCUT2D eigenvalue weighted by atomic mass is 16.4. The first-order valence-electron chi connectivity index (χ1n) is 7.68. The summed E-state index contributed by atoms with van der Waals surface area (Å²) in [6, 6.07) is 4.06. The average molecular weight is 274 g/mol. The third-order valence-electron chi connectivity index (χ3n) is 4.05. The summed E-state index contributed by atoms with van der Waals surface area (Å²) >= 11 is 0. The van der Waals surface area contributed by atoms with Crippen LogP contribution in [0.3, 0.4) is 0 Å². The van der Waals surface area contributed by atoms with Crippen molar-refractivity contribution in [3.05, 3.63) is 23.4 Å². The van der Waals surface area contributed by atoms with E-state index < -0.39 is 5.97 Å². The Bertz CT molecular complexity index is 507. The standard InChI is InChI=1S/C16H22N2O2/c1-2-3-13-8-12(16(19)20)9-15(17-13)18(14-6-7-14)10-11-4-5-11/h8-9,11,14H,2-7,10H2,1H3,(H,19,20). The number of aromatic carboxylic acids is 1. The van der Waals surface area contributed by atoms with Crippen LogP contribution < -0.4 is 4.90 Å². The molecule has 0 radical (unpaired) electrons. The molecule has 2 saturated carbocycles. The second-order valence-electron chi connectivity index (χ2n) is 6.09. The number of nitrogens with zero attached hydrogens (tertiary/aromatic N) is 2. The molecule has 0 unspecified atom stereocenters. The first-order chi connectivity index (χ1) is 9.67. The summed E-state index contributed by atoms with van der Waals surface area (Å²) in [5.41, 5.74) is 1.28. The average Bonchev–Trinajstić information content (AvgIpc) is 3.28. The van der Waals surface area contributed by atoms with Crippen molar-refractivity contribution >= 4 is 11.8 Å². The molecule has 2 aliphatic carbocycles. The van der Waals surface area contributed by atoms with Crippen LogP contribution in [-0.4, -0.2) is 28.6 Å². The van der Waals surface area contributed by atoms with Gasteiger partial charge in [0.25, 0.3) is 0 Å². The molecule has 3 rings (SSSR count). The van der Waals surface area contributed by atoms with E-state index in [1.807, 2.05) is 0 Å². The SMILES string of the molecule is CCCc1cc(C(=O)O)cc(N(CC2CC2)C2CC2)n1. The topological polar surface area (TPSA) is 53.4 Å². The van der Waals surface area contributed by atoms with Gasteiger partial charge >= 0.3 is 5.97 Å². The second-order valence-corrected chi connectivity index (χ2v) is 6.09. The molecule has 0 spiro atoms. The third kappa shape index (κ3) is 3.11. The summed E-state index contributed by atoms with van der Waals surface area (Å²) < 4.78 is 0. The molecule has 0 saturated heterocycles. The fourth-order valence-electron chi connectivity index (χ4n) is 2.62. The van der Waals surface area contributed by atoms with Crippen molar-refractivity contribution in [2.45, 2.75) is 51.5 Å². The van der Waals surface area contributed by atoms with Gasteiger partial charge in [-0.1, -0.05) is 13.3 Å². The van der Waals surface area contributed by atoms with Crippen LogP contribution in [0, 0.1) is 5.92 Å². The van der Waals surface area contributed by atoms with Crippen LogP contribution in [0.5, 0.6) is 0 Å². The molecule has 1 aromatic rings. The number of hydrogen-bond acceptors (Lipinski definition) is 3. The van der Waals surface area contributed by atoms with Crippen molar-refractivity contribution in [1.82, 2.24) is 4.98 Å². The van der Waals surface area contributed by atoms with Crippen molar-refractivity contribution in [3.8, 4) is 0 Å². The van der Waals surface area contributed by atoms with Gasteiger partial charge in [0.05, 0.1) is 5.56 Å². The molecule has 1 N–H and O–H groups in total. The lowest BCUT2D eigenvalue weighted by molar-refractivity contribution is 0.0696. The fraction of sp³-hybridized carbons (Fsp3) is 0.625. The number of aryl methyl sites for hydroxylation is 1. The van der Waals surface area contributed by atoms with Crippen molar-refractivity contribution in [2.75, 3.05) is 11.4 Å². The largest absolute Gasteiger partial charge is 0.478 e. The molecular formula is C16H22N2O2. The molecule has 2 fully saturated rings. The van der Waals surface area contributed by atoms with E-state index in [1.165, 1.54) is 25.7 Å². The van der Waals surface area contributed by atoms with E-state index in [9.17, 15) is 9.90 Å². The lowest BCUT2D eigenvalue weighted by atomic mass is 10.1. The Morgan fingerprint density at radius 2 is 2.10 bits per heavy atom. The van der Waals surface area contributed by atoms with Gasteiger partial charge in [-0.05, 0) is 50.2 Å². The Labute approximate surface area is 119 Å². The maximum atomic E-state index is 11.3. The normalized spacial score (nSPS) is 18.1. The Hall–Kier alpha value is -1.58. The predicted molar refractivity (Wildman–Crippen MR) is 78.3 cm³/mol. The van der Waals surface area contributed by atoms with E-state index in [1.54, 1.807) is 12.1 Å². The van der Waals surface area contributed by atoms with E-state index in [0.717, 1.165) is 36.8 Å². The van der Waals surface area contributed by atoms with Crippen LogP contribution in [-0.2, 0) is 6.42 Å². The van der Waals surface area contributed by atoms with Crippen molar-refractivity contribution in [3.63, 3.8) is 0 Å². The summed E-state index contributed by atoms with van der Waals surface area (Å²) in [5, 5.41) is 9.29. The highest BCUT2D eigenvalue weighted by molar-refractivity contribution is 5.88. The quantitative estimate of drug-likeness (QED) is 0.830. The number of pyridine rings is 1. The van der Waals surface area contributed by atoms with Crippen LogP contribution in [0.1, 0.15) is 55.1 Å². The molecule has 1 aromatic heterocycles. The van der Waals surface area contributed by atoms with Gasteiger partial charge in [0.15, 0.2) is 0 Å². The molecular weight excluding hydrogens is 252 g/mol. The molecule has 4 heteroatoms. The van der Waals surface area contributed by atoms with E-state index in [0.29, 0.717) is 11.6 Å². The number of hydrogen-bond donors (Lipinski definition) is 1. The Morgan fingerprint density at radius 3 is 2.65 bits per heavy atom. The van der Waals surface area contributed by atoms with Crippen LogP contribution in [0.4, 0.5) is 5.82 Å². The second kappa shape index (κ2) is 5.43. The van der Waals surface area contributed by atoms with E-state index in [2.05, 4.69) is 11.8 Å². The lowest BCUT2D eigenvalue weighted by Crippen LogP contribution is -2.29. The van der Waals surface area contributed by atoms with Gasteiger partial charge < -0.3 is 10.0 Å². The molecule has 2 aliphatic rings. The minimum absolute atomic E-state index is 0.375. The minimum Gasteiger partial charge on any atom is -0.478 e. The van der Waals surface area contributed by atoms with Crippen molar-refractivity contribution in [2.24, 2.45) is 5.92 Å². The van der Waals surface area contributed by atoms with Crippen LogP contribution in [0.25, 0.3) is 0 Å². The van der Waals surface area contributed by atoms with Crippen molar-refractivity contribution < 1.29 is 9.90 Å². The van der Waals surface area contributed by atoms with Crippen molar-refractivity contribution in [1.29, 1.82) is 0 Å². The first kappa shape index (κ1) is 13.4.